The van der Waals surface area contributed by atoms with E-state index in [1.807, 2.05) is 29.2 Å². The Hall–Kier alpha value is -9.27. The fourth-order valence-electron chi connectivity index (χ4n) is 11.6. The number of fused-ring (bicyclic) bond motifs is 1. The second-order valence-electron chi connectivity index (χ2n) is 25.7. The number of nitrogens with zero attached hydrogens (tertiary/aromatic N) is 7. The zero-order chi connectivity index (χ0) is 79.4. The molecule has 3 aromatic heterocycles. The zero-order valence-electron chi connectivity index (χ0n) is 62.0. The summed E-state index contributed by atoms with van der Waals surface area (Å²) in [6.45, 7) is 6.96. The molecule has 5 aromatic rings. The number of carbonyl (C=O) groups is 9. The van der Waals surface area contributed by atoms with Crippen molar-refractivity contribution >= 4 is 110 Å². The second kappa shape index (κ2) is 50.6. The van der Waals surface area contributed by atoms with Crippen molar-refractivity contribution in [3.8, 4) is 11.8 Å². The number of hydrogen-bond acceptors (Lipinski definition) is 24. The number of unbranched alkanes of at least 4 members (excludes halogenated alkanes) is 2. The number of carbonyl (C=O) groups excluding carboxylic acids is 6. The summed E-state index contributed by atoms with van der Waals surface area (Å²) in [5.41, 5.74) is 2.76. The normalized spacial score (nSPS) is 15.5. The lowest BCUT2D eigenvalue weighted by molar-refractivity contribution is -0.142. The molecule has 0 spiro atoms. The number of anilines is 1. The number of carboxylic acid groups (broad SMARTS) is 3. The van der Waals surface area contributed by atoms with Crippen LogP contribution in [0.1, 0.15) is 106 Å². The third-order valence-electron chi connectivity index (χ3n) is 17.3. The highest BCUT2D eigenvalue weighted by atomic mass is 127. The molecule has 2 fully saturated rings. The summed E-state index contributed by atoms with van der Waals surface area (Å²) in [5, 5.41) is 59.4. The van der Waals surface area contributed by atoms with E-state index in [-0.39, 0.29) is 120 Å². The molecule has 602 valence electrons. The first kappa shape index (κ1) is 88.9. The molecule has 2 aromatic carbocycles. The van der Waals surface area contributed by atoms with Gasteiger partial charge in [0, 0.05) is 98.8 Å². The number of aromatic nitrogens is 3. The molecular weight excluding hydrogens is 1580 g/mol. The Kier molecular flexibility index (Phi) is 40.5. The third kappa shape index (κ3) is 34.5. The molecule has 2 aliphatic rings. The maximum Gasteiger partial charge on any atom is 0.354 e. The minimum atomic E-state index is -1.29. The maximum atomic E-state index is 13.9. The van der Waals surface area contributed by atoms with Crippen LogP contribution >= 0.6 is 34.8 Å². The molecule has 0 aliphatic carbocycles. The standard InChI is InChI=1S/C75H99IN14O20S/c76-53-14-12-52(13-15-53)43-67(92)79-20-3-2-10-63(73(99)100)87-71(96)61(86-66(91)19-29-103-35-41-109-42-36-104-30-23-80-68(93)51-110-58-16-17-59-60(18-22-78-64(59)46-58)70(95)82-48-69(94)90-24-6-8-57(90)47-77)9-1-4-21-81-75(111)85-55-44-56(84-65(45-55)74(101)102)50-89-27-33-107-39-37-105-31-25-88(26-32-106-38-40-108-34-28-89)49-54-7-5-11-62(83-54)72(97)98/h5,7,11-18,22,44-46,57,61,63H,1-4,6,8-10,19-21,23-43,48-51H2,(H,79,92)(H,80,93)(H,82,95)(H,86,91)(H,87,96)(H,97,98)(H,99,100)(H,101,102)(H2,81,84,85,111)/t57-,61-,63-/m0/s1. The number of nitriles is 1. The van der Waals surface area contributed by atoms with E-state index in [4.69, 9.17) is 50.1 Å². The van der Waals surface area contributed by atoms with Gasteiger partial charge in [0.2, 0.25) is 23.6 Å². The Morgan fingerprint density at radius 3 is 1.88 bits per heavy atom. The minimum absolute atomic E-state index is 0.0230. The molecule has 111 heavy (non-hydrogen) atoms. The molecule has 2 aliphatic heterocycles. The van der Waals surface area contributed by atoms with Gasteiger partial charge < -0.3 is 95.3 Å². The summed E-state index contributed by atoms with van der Waals surface area (Å²) in [7, 11) is 0. The maximum absolute atomic E-state index is 13.9. The van der Waals surface area contributed by atoms with E-state index in [0.717, 1.165) is 15.6 Å². The van der Waals surface area contributed by atoms with Gasteiger partial charge in [0.25, 0.3) is 11.8 Å². The van der Waals surface area contributed by atoms with Crippen LogP contribution in [-0.4, -0.2) is 280 Å². The summed E-state index contributed by atoms with van der Waals surface area (Å²) in [4.78, 5) is 133. The van der Waals surface area contributed by atoms with Crippen LogP contribution in [0.15, 0.2) is 85.1 Å². The molecule has 7 rings (SSSR count). The summed E-state index contributed by atoms with van der Waals surface area (Å²) in [6, 6.07) is 21.1. The number of aliphatic carboxylic acids is 1. The van der Waals surface area contributed by atoms with Crippen molar-refractivity contribution in [3.05, 3.63) is 123 Å². The van der Waals surface area contributed by atoms with Gasteiger partial charge in [0.15, 0.2) is 17.4 Å². The number of hydrogen-bond donors (Lipinski definition) is 10. The van der Waals surface area contributed by atoms with Crippen LogP contribution in [0.2, 0.25) is 0 Å². The van der Waals surface area contributed by atoms with E-state index in [1.165, 1.54) is 29.3 Å². The molecule has 0 bridgehead atoms. The monoisotopic (exact) mass is 1670 g/mol. The number of amides is 6. The molecule has 10 N–H and O–H groups in total. The van der Waals surface area contributed by atoms with E-state index in [2.05, 4.69) is 85.7 Å². The van der Waals surface area contributed by atoms with Gasteiger partial charge in [-0.25, -0.2) is 24.4 Å². The SMILES string of the molecule is N#C[C@@H]1CCCN1C(=O)CNC(=O)c1ccnc2cc(OCC(=O)NCCOCCOCCOCCC(=O)N[C@@H](CCCCNC(=S)Nc3cc(CN4CCOCCOCCN(Cc5cccc(C(=O)O)n5)CCOCCOCC4)nc(C(=O)O)c3)C(=O)N[C@@H](CCCCNC(=O)Cc3ccc(I)cc3)C(=O)O)ccc12. The van der Waals surface area contributed by atoms with Gasteiger partial charge in [-0.15, -0.1) is 0 Å². The number of carboxylic acids is 3. The van der Waals surface area contributed by atoms with Gasteiger partial charge in [0.05, 0.1) is 134 Å². The highest BCUT2D eigenvalue weighted by molar-refractivity contribution is 14.1. The zero-order valence-corrected chi connectivity index (χ0v) is 64.9. The van der Waals surface area contributed by atoms with Crippen molar-refractivity contribution in [3.63, 3.8) is 0 Å². The largest absolute Gasteiger partial charge is 0.484 e. The summed E-state index contributed by atoms with van der Waals surface area (Å²) >= 11 is 7.81. The first-order valence-corrected chi connectivity index (χ1v) is 38.4. The van der Waals surface area contributed by atoms with E-state index in [0.29, 0.717) is 177 Å². The molecule has 3 atom stereocenters. The Morgan fingerprint density at radius 2 is 1.23 bits per heavy atom. The highest BCUT2D eigenvalue weighted by Crippen LogP contribution is 2.24. The van der Waals surface area contributed by atoms with Gasteiger partial charge in [-0.3, -0.25) is 43.6 Å². The third-order valence-corrected chi connectivity index (χ3v) is 18.3. The predicted molar refractivity (Wildman–Crippen MR) is 416 cm³/mol. The average Bonchev–Trinajstić information content (AvgIpc) is 1.31. The van der Waals surface area contributed by atoms with Crippen LogP contribution in [-0.2, 0) is 81.4 Å². The molecule has 5 heterocycles. The highest BCUT2D eigenvalue weighted by Gasteiger charge is 2.30. The van der Waals surface area contributed by atoms with Crippen LogP contribution in [0.5, 0.6) is 5.75 Å². The van der Waals surface area contributed by atoms with Crippen LogP contribution in [0.3, 0.4) is 0 Å². The molecule has 2 saturated heterocycles. The molecular formula is C75H99IN14O20S. The lowest BCUT2D eigenvalue weighted by Crippen LogP contribution is -2.51. The fraction of sp³-hybridized carbons (Fsp3) is 0.520. The van der Waals surface area contributed by atoms with Gasteiger partial charge in [0.1, 0.15) is 29.6 Å². The van der Waals surface area contributed by atoms with Gasteiger partial charge in [-0.2, -0.15) is 5.26 Å². The number of likely N-dealkylation sites (tertiary alicyclic amines) is 1. The number of aromatic carboxylic acids is 2. The van der Waals surface area contributed by atoms with Crippen molar-refractivity contribution in [1.29, 1.82) is 5.26 Å². The molecule has 36 heteroatoms. The van der Waals surface area contributed by atoms with E-state index >= 15 is 0 Å². The predicted octanol–water partition coefficient (Wildman–Crippen LogP) is 3.33. The van der Waals surface area contributed by atoms with Gasteiger partial charge in [-0.05, 0) is 146 Å². The Bertz CT molecular complexity index is 3860. The van der Waals surface area contributed by atoms with Crippen LogP contribution in [0.4, 0.5) is 5.69 Å². The van der Waals surface area contributed by atoms with Gasteiger partial charge >= 0.3 is 17.9 Å². The Labute approximate surface area is 662 Å². The lowest BCUT2D eigenvalue weighted by atomic mass is 10.1. The van der Waals surface area contributed by atoms with Crippen molar-refractivity contribution in [2.45, 2.75) is 95.4 Å². The molecule has 0 saturated carbocycles. The fourth-order valence-corrected chi connectivity index (χ4v) is 12.1. The van der Waals surface area contributed by atoms with Crippen molar-refractivity contribution in [2.75, 3.05) is 163 Å². The quantitative estimate of drug-likeness (QED) is 0.0152. The number of thiocarbonyl (C=S) groups is 1. The van der Waals surface area contributed by atoms with Crippen molar-refractivity contribution in [1.82, 2.24) is 61.6 Å². The average molecular weight is 1680 g/mol. The van der Waals surface area contributed by atoms with E-state index in [9.17, 15) is 63.7 Å². The molecule has 6 amide bonds. The number of pyridine rings is 3. The lowest BCUT2D eigenvalue weighted by Gasteiger charge is -2.23. The molecule has 0 unspecified atom stereocenters. The van der Waals surface area contributed by atoms with E-state index < -0.39 is 59.7 Å². The number of nitrogens with one attached hydrogen (secondary N) is 7. The summed E-state index contributed by atoms with van der Waals surface area (Å²) in [5.74, 6) is -5.88. The molecule has 34 nitrogen and oxygen atoms in total. The van der Waals surface area contributed by atoms with Crippen LogP contribution in [0.25, 0.3) is 10.9 Å². The van der Waals surface area contributed by atoms with Crippen molar-refractivity contribution < 1.29 is 96.4 Å². The Morgan fingerprint density at radius 1 is 0.622 bits per heavy atom. The number of rotatable bonds is 41. The summed E-state index contributed by atoms with van der Waals surface area (Å²) in [6.07, 6.45) is 4.63. The summed E-state index contributed by atoms with van der Waals surface area (Å²) < 4.78 is 47.1. The van der Waals surface area contributed by atoms with Gasteiger partial charge in [-0.1, -0.05) is 18.2 Å². The van der Waals surface area contributed by atoms with Crippen LogP contribution in [0, 0.1) is 14.9 Å². The first-order chi connectivity index (χ1) is 53.8. The Balaban J connectivity index is 0.802. The smallest absolute Gasteiger partial charge is 0.354 e. The number of halogens is 1. The van der Waals surface area contributed by atoms with E-state index in [1.54, 1.807) is 36.4 Å². The molecule has 0 radical (unpaired) electrons. The van der Waals surface area contributed by atoms with Crippen LogP contribution < -0.4 is 42.0 Å². The first-order valence-electron chi connectivity index (χ1n) is 36.9. The number of benzene rings is 2. The topological polar surface area (TPSA) is 445 Å². The second-order valence-corrected chi connectivity index (χ2v) is 27.4. The minimum Gasteiger partial charge on any atom is -0.484 e. The number of ether oxygens (including phenoxy) is 8. The van der Waals surface area contributed by atoms with Crippen molar-refractivity contribution in [2.24, 2.45) is 0 Å².